The van der Waals surface area contributed by atoms with Crippen LogP contribution in [0, 0.1) is 15.9 Å². The summed E-state index contributed by atoms with van der Waals surface area (Å²) in [5, 5.41) is 16.9. The van der Waals surface area contributed by atoms with E-state index in [0.29, 0.717) is 5.69 Å². The standard InChI is InChI=1S/C16H13ClFN3O4/c1-10(16(22)20-12-6-7-14(18)13(17)8-12)25-19-9-11-4-2-3-5-15(11)21(23)24/h2-10H,1H3,(H,20,22)/b19-9+. The number of carbonyl (C=O) groups is 1. The van der Waals surface area contributed by atoms with Crippen molar-refractivity contribution in [3.8, 4) is 0 Å². The van der Waals surface area contributed by atoms with Gasteiger partial charge in [-0.05, 0) is 31.2 Å². The van der Waals surface area contributed by atoms with E-state index < -0.39 is 22.8 Å². The van der Waals surface area contributed by atoms with Gasteiger partial charge >= 0.3 is 0 Å². The number of carbonyl (C=O) groups excluding carboxylic acids is 1. The highest BCUT2D eigenvalue weighted by atomic mass is 35.5. The van der Waals surface area contributed by atoms with Gasteiger partial charge in [0, 0.05) is 11.8 Å². The molecule has 0 aliphatic carbocycles. The smallest absolute Gasteiger partial charge is 0.278 e. The maximum Gasteiger partial charge on any atom is 0.278 e. The van der Waals surface area contributed by atoms with Gasteiger partial charge < -0.3 is 10.2 Å². The minimum atomic E-state index is -0.983. The Bertz CT molecular complexity index is 829. The summed E-state index contributed by atoms with van der Waals surface area (Å²) in [5.74, 6) is -1.14. The van der Waals surface area contributed by atoms with Crippen LogP contribution < -0.4 is 5.32 Å². The van der Waals surface area contributed by atoms with Crippen LogP contribution in [-0.2, 0) is 9.63 Å². The third-order valence-corrected chi connectivity index (χ3v) is 3.39. The van der Waals surface area contributed by atoms with Crippen molar-refractivity contribution in [1.82, 2.24) is 0 Å². The number of hydrogen-bond acceptors (Lipinski definition) is 5. The van der Waals surface area contributed by atoms with E-state index >= 15 is 0 Å². The Balaban J connectivity index is 1.97. The van der Waals surface area contributed by atoms with E-state index in [1.54, 1.807) is 6.07 Å². The summed E-state index contributed by atoms with van der Waals surface area (Å²) in [7, 11) is 0. The van der Waals surface area contributed by atoms with Crippen molar-refractivity contribution >= 4 is 35.1 Å². The topological polar surface area (TPSA) is 93.8 Å². The fourth-order valence-corrected chi connectivity index (χ4v) is 1.99. The molecule has 0 radical (unpaired) electrons. The molecule has 2 aromatic carbocycles. The summed E-state index contributed by atoms with van der Waals surface area (Å²) in [6.45, 7) is 1.44. The van der Waals surface area contributed by atoms with Crippen molar-refractivity contribution in [2.45, 2.75) is 13.0 Å². The number of halogens is 2. The maximum absolute atomic E-state index is 13.1. The number of oxime groups is 1. The largest absolute Gasteiger partial charge is 0.383 e. The summed E-state index contributed by atoms with van der Waals surface area (Å²) in [6.07, 6.45) is 0.166. The van der Waals surface area contributed by atoms with E-state index in [0.717, 1.165) is 12.3 Å². The fraction of sp³-hybridized carbons (Fsp3) is 0.125. The molecule has 1 atom stereocenters. The number of hydrogen-bond donors (Lipinski definition) is 1. The molecule has 2 rings (SSSR count). The van der Waals surface area contributed by atoms with Crippen LogP contribution in [-0.4, -0.2) is 23.1 Å². The number of nitro groups is 1. The zero-order valence-electron chi connectivity index (χ0n) is 13.0. The average molecular weight is 366 g/mol. The van der Waals surface area contributed by atoms with Crippen molar-refractivity contribution in [2.24, 2.45) is 5.16 Å². The van der Waals surface area contributed by atoms with Crippen molar-refractivity contribution in [1.29, 1.82) is 0 Å². The van der Waals surface area contributed by atoms with Crippen molar-refractivity contribution in [3.63, 3.8) is 0 Å². The monoisotopic (exact) mass is 365 g/mol. The number of rotatable bonds is 6. The quantitative estimate of drug-likeness (QED) is 0.479. The van der Waals surface area contributed by atoms with Gasteiger partial charge in [-0.25, -0.2) is 4.39 Å². The molecular weight excluding hydrogens is 353 g/mol. The zero-order chi connectivity index (χ0) is 18.4. The Morgan fingerprint density at radius 3 is 2.80 bits per heavy atom. The van der Waals surface area contributed by atoms with E-state index in [1.807, 2.05) is 0 Å². The summed E-state index contributed by atoms with van der Waals surface area (Å²) in [6, 6.07) is 9.70. The lowest BCUT2D eigenvalue weighted by atomic mass is 10.2. The Hall–Kier alpha value is -3.00. The Kier molecular flexibility index (Phi) is 6.02. The number of benzene rings is 2. The Morgan fingerprint density at radius 2 is 2.12 bits per heavy atom. The third kappa shape index (κ3) is 4.98. The van der Waals surface area contributed by atoms with Crippen LogP contribution in [0.3, 0.4) is 0 Å². The minimum absolute atomic E-state index is 0.124. The number of amides is 1. The molecule has 0 aromatic heterocycles. The molecule has 1 unspecified atom stereocenters. The van der Waals surface area contributed by atoms with Gasteiger partial charge in [-0.1, -0.05) is 28.9 Å². The molecule has 0 saturated carbocycles. The number of nitrogens with one attached hydrogen (secondary N) is 1. The number of nitrogens with zero attached hydrogens (tertiary/aromatic N) is 2. The van der Waals surface area contributed by atoms with Crippen molar-refractivity contribution < 1.29 is 18.9 Å². The second kappa shape index (κ2) is 8.20. The van der Waals surface area contributed by atoms with Gasteiger partial charge in [0.2, 0.25) is 6.10 Å². The molecule has 7 nitrogen and oxygen atoms in total. The molecule has 25 heavy (non-hydrogen) atoms. The number of anilines is 1. The van der Waals surface area contributed by atoms with Crippen molar-refractivity contribution in [3.05, 3.63) is 69.0 Å². The zero-order valence-corrected chi connectivity index (χ0v) is 13.7. The molecule has 1 N–H and O–H groups in total. The van der Waals surface area contributed by atoms with Crippen LogP contribution >= 0.6 is 11.6 Å². The SMILES string of the molecule is CC(O/N=C/c1ccccc1[N+](=O)[O-])C(=O)Nc1ccc(F)c(Cl)c1. The van der Waals surface area contributed by atoms with Crippen LogP contribution in [0.2, 0.25) is 5.02 Å². The molecule has 2 aromatic rings. The van der Waals surface area contributed by atoms with Crippen LogP contribution in [0.4, 0.5) is 15.8 Å². The molecule has 0 aliphatic rings. The van der Waals surface area contributed by atoms with Gasteiger partial charge in [0.15, 0.2) is 0 Å². The van der Waals surface area contributed by atoms with Gasteiger partial charge in [-0.2, -0.15) is 0 Å². The van der Waals surface area contributed by atoms with E-state index in [4.69, 9.17) is 16.4 Å². The van der Waals surface area contributed by atoms with Crippen LogP contribution in [0.1, 0.15) is 12.5 Å². The summed E-state index contributed by atoms with van der Waals surface area (Å²) >= 11 is 5.63. The van der Waals surface area contributed by atoms with E-state index in [1.165, 1.54) is 37.3 Å². The first-order valence-electron chi connectivity index (χ1n) is 7.07. The maximum atomic E-state index is 13.1. The van der Waals surface area contributed by atoms with Crippen LogP contribution in [0.5, 0.6) is 0 Å². The molecule has 130 valence electrons. The molecule has 1 amide bonds. The minimum Gasteiger partial charge on any atom is -0.383 e. The van der Waals surface area contributed by atoms with Gasteiger partial charge in [-0.3, -0.25) is 14.9 Å². The first-order chi connectivity index (χ1) is 11.9. The lowest BCUT2D eigenvalue weighted by molar-refractivity contribution is -0.385. The Morgan fingerprint density at radius 1 is 1.40 bits per heavy atom. The van der Waals surface area contributed by atoms with Gasteiger partial charge in [-0.15, -0.1) is 0 Å². The summed E-state index contributed by atoms with van der Waals surface area (Å²) in [4.78, 5) is 27.3. The predicted octanol–water partition coefficient (Wildman–Crippen LogP) is 3.77. The normalized spacial score (nSPS) is 12.0. The average Bonchev–Trinajstić information content (AvgIpc) is 2.58. The predicted molar refractivity (Wildman–Crippen MR) is 91.3 cm³/mol. The van der Waals surface area contributed by atoms with E-state index in [-0.39, 0.29) is 16.3 Å². The lowest BCUT2D eigenvalue weighted by Crippen LogP contribution is -2.26. The summed E-state index contributed by atoms with van der Waals surface area (Å²) in [5.41, 5.74) is 0.410. The van der Waals surface area contributed by atoms with Crippen LogP contribution in [0.15, 0.2) is 47.6 Å². The second-order valence-electron chi connectivity index (χ2n) is 4.92. The molecule has 0 spiro atoms. The second-order valence-corrected chi connectivity index (χ2v) is 5.32. The molecule has 0 heterocycles. The fourth-order valence-electron chi connectivity index (χ4n) is 1.81. The molecule has 0 saturated heterocycles. The third-order valence-electron chi connectivity index (χ3n) is 3.10. The Labute approximate surface area is 147 Å². The van der Waals surface area contributed by atoms with Crippen LogP contribution in [0.25, 0.3) is 0 Å². The lowest BCUT2D eigenvalue weighted by Gasteiger charge is -2.10. The first kappa shape index (κ1) is 18.3. The van der Waals surface area contributed by atoms with Gasteiger partial charge in [0.25, 0.3) is 11.6 Å². The highest BCUT2D eigenvalue weighted by Crippen LogP contribution is 2.19. The summed E-state index contributed by atoms with van der Waals surface area (Å²) < 4.78 is 13.1. The molecule has 0 bridgehead atoms. The van der Waals surface area contributed by atoms with Gasteiger partial charge in [0.1, 0.15) is 5.82 Å². The molecule has 9 heteroatoms. The highest BCUT2D eigenvalue weighted by molar-refractivity contribution is 6.31. The molecular formula is C16H13ClFN3O4. The van der Waals surface area contributed by atoms with E-state index in [2.05, 4.69) is 10.5 Å². The van der Waals surface area contributed by atoms with Crippen molar-refractivity contribution in [2.75, 3.05) is 5.32 Å². The van der Waals surface area contributed by atoms with E-state index in [9.17, 15) is 19.3 Å². The number of nitro benzene ring substituents is 1. The highest BCUT2D eigenvalue weighted by Gasteiger charge is 2.15. The first-order valence-corrected chi connectivity index (χ1v) is 7.45. The number of para-hydroxylation sites is 1. The van der Waals surface area contributed by atoms with Gasteiger partial charge in [0.05, 0.1) is 21.7 Å². The molecule has 0 aliphatic heterocycles. The molecule has 0 fully saturated rings.